The first kappa shape index (κ1) is 27.8. The van der Waals surface area contributed by atoms with Gasteiger partial charge in [0.2, 0.25) is 0 Å². The van der Waals surface area contributed by atoms with Crippen molar-refractivity contribution in [3.05, 3.63) is 164 Å². The van der Waals surface area contributed by atoms with Crippen LogP contribution in [0.3, 0.4) is 0 Å². The summed E-state index contributed by atoms with van der Waals surface area (Å²) < 4.78 is 35.2. The summed E-state index contributed by atoms with van der Waals surface area (Å²) in [5.41, 5.74) is 2.44. The summed E-state index contributed by atoms with van der Waals surface area (Å²) in [5, 5.41) is 6.29. The van der Waals surface area contributed by atoms with Crippen LogP contribution < -0.4 is 15.3 Å². The van der Waals surface area contributed by atoms with Gasteiger partial charge in [-0.1, -0.05) is 72.8 Å². The quantitative estimate of drug-likeness (QED) is 0.235. The van der Waals surface area contributed by atoms with Crippen LogP contribution in [0.4, 0.5) is 0 Å². The van der Waals surface area contributed by atoms with Crippen LogP contribution >= 0.6 is 0 Å². The van der Waals surface area contributed by atoms with Crippen molar-refractivity contribution in [1.82, 2.24) is 19.6 Å². The van der Waals surface area contributed by atoms with E-state index in [1.807, 2.05) is 36.4 Å². The summed E-state index contributed by atoms with van der Waals surface area (Å²) in [6.07, 6.45) is 0. The number of aromatic amines is 2. The fraction of sp³-hybridized carbons (Fsp3) is 0.0909. The first-order valence-electron chi connectivity index (χ1n) is 13.6. The van der Waals surface area contributed by atoms with Gasteiger partial charge in [0.25, 0.3) is 11.1 Å². The van der Waals surface area contributed by atoms with E-state index in [-0.39, 0.29) is 32.9 Å². The lowest BCUT2D eigenvalue weighted by Gasteiger charge is -2.19. The second-order valence-electron chi connectivity index (χ2n) is 10.1. The third-order valence-corrected chi connectivity index (χ3v) is 8.55. The van der Waals surface area contributed by atoms with E-state index in [0.717, 1.165) is 0 Å². The predicted molar refractivity (Wildman–Crippen MR) is 164 cm³/mol. The molecular weight excluding hydrogens is 564 g/mol. The van der Waals surface area contributed by atoms with Crippen LogP contribution in [0, 0.1) is 13.8 Å². The molecule has 9 nitrogen and oxygen atoms in total. The zero-order chi connectivity index (χ0) is 30.1. The van der Waals surface area contributed by atoms with Gasteiger partial charge < -0.3 is 4.18 Å². The minimum atomic E-state index is -4.23. The van der Waals surface area contributed by atoms with Crippen molar-refractivity contribution >= 4 is 10.1 Å². The van der Waals surface area contributed by atoms with Gasteiger partial charge in [-0.15, -0.1) is 0 Å². The van der Waals surface area contributed by atoms with Crippen molar-refractivity contribution < 1.29 is 12.6 Å². The van der Waals surface area contributed by atoms with Crippen molar-refractivity contribution in [1.29, 1.82) is 0 Å². The molecule has 0 aliphatic rings. The van der Waals surface area contributed by atoms with Crippen molar-refractivity contribution in [2.24, 2.45) is 0 Å². The van der Waals surface area contributed by atoms with Crippen LogP contribution in [0.25, 0.3) is 11.4 Å². The summed E-state index contributed by atoms with van der Waals surface area (Å²) in [7, 11) is -4.23. The van der Waals surface area contributed by atoms with E-state index in [9.17, 15) is 18.0 Å². The molecule has 0 saturated heterocycles. The smallest absolute Gasteiger partial charge is 0.339 e. The largest absolute Gasteiger partial charge is 0.379 e. The van der Waals surface area contributed by atoms with E-state index in [2.05, 4.69) is 10.2 Å². The third-order valence-electron chi connectivity index (χ3n) is 7.30. The van der Waals surface area contributed by atoms with Crippen molar-refractivity contribution in [2.45, 2.75) is 24.7 Å². The van der Waals surface area contributed by atoms with Crippen LogP contribution in [0.1, 0.15) is 34.0 Å². The normalized spacial score (nSPS) is 11.6. The number of H-pyrrole nitrogens is 2. The number of nitrogens with one attached hydrogen (secondary N) is 2. The summed E-state index contributed by atoms with van der Waals surface area (Å²) in [6.45, 7) is 3.51. The number of aromatic nitrogens is 4. The molecule has 0 atom stereocenters. The van der Waals surface area contributed by atoms with Crippen LogP contribution in [-0.2, 0) is 10.1 Å². The Bertz CT molecular complexity index is 2030. The molecule has 2 aromatic heterocycles. The maximum absolute atomic E-state index is 14.1. The predicted octanol–water partition coefficient (Wildman–Crippen LogP) is 5.21. The zero-order valence-corrected chi connectivity index (χ0v) is 24.2. The molecular formula is C33H28N4O5S. The molecule has 0 spiro atoms. The Labute approximate surface area is 247 Å². The Balaban J connectivity index is 1.60. The number of rotatable bonds is 8. The lowest BCUT2D eigenvalue weighted by Crippen LogP contribution is -2.26. The molecule has 0 aliphatic carbocycles. The highest BCUT2D eigenvalue weighted by Gasteiger charge is 2.33. The fourth-order valence-electron chi connectivity index (χ4n) is 5.32. The maximum atomic E-state index is 14.1. The van der Waals surface area contributed by atoms with Crippen LogP contribution in [0.5, 0.6) is 5.75 Å². The van der Waals surface area contributed by atoms with Crippen molar-refractivity contribution in [3.8, 4) is 17.1 Å². The van der Waals surface area contributed by atoms with E-state index in [1.54, 1.807) is 74.5 Å². The zero-order valence-electron chi connectivity index (χ0n) is 23.4. The fourth-order valence-corrected chi connectivity index (χ4v) is 6.30. The summed E-state index contributed by atoms with van der Waals surface area (Å²) in [5.74, 6) is -0.974. The van der Waals surface area contributed by atoms with E-state index >= 15 is 0 Å². The number of nitrogens with zero attached hydrogens (tertiary/aromatic N) is 2. The van der Waals surface area contributed by atoms with Gasteiger partial charge in [-0.05, 0) is 56.3 Å². The number of para-hydroxylation sites is 3. The SMILES string of the molecule is Cc1[nH]n(-c2ccccc2)c(=O)c1C(c1ccccc1OS(=O)(=O)c1ccccc1)c1c(C)[nH]n(-c2ccccc2)c1=O. The molecule has 6 aromatic rings. The average Bonchev–Trinajstić information content (AvgIpc) is 3.49. The summed E-state index contributed by atoms with van der Waals surface area (Å²) in [6, 6.07) is 32.6. The number of benzene rings is 4. The second kappa shape index (κ2) is 11.1. The van der Waals surface area contributed by atoms with Crippen LogP contribution in [0.15, 0.2) is 130 Å². The topological polar surface area (TPSA) is 119 Å². The standard InChI is InChI=1S/C33H28N4O5S/c1-22-29(32(38)36(34-22)24-14-6-3-7-15-24)31(30-23(2)35-37(33(30)39)25-16-8-4-9-17-25)27-20-12-13-21-28(27)42-43(40,41)26-18-10-5-11-19-26/h3-21,31,34-35H,1-2H3. The highest BCUT2D eigenvalue weighted by Crippen LogP contribution is 2.38. The van der Waals surface area contributed by atoms with Gasteiger partial charge in [-0.2, -0.15) is 8.42 Å². The molecule has 6 rings (SSSR count). The molecule has 43 heavy (non-hydrogen) atoms. The molecule has 10 heteroatoms. The molecule has 0 fully saturated rings. The van der Waals surface area contributed by atoms with E-state index in [4.69, 9.17) is 4.18 Å². The van der Waals surface area contributed by atoms with E-state index in [0.29, 0.717) is 28.3 Å². The van der Waals surface area contributed by atoms with Gasteiger partial charge in [0.05, 0.1) is 28.4 Å². The molecule has 0 amide bonds. The summed E-state index contributed by atoms with van der Waals surface area (Å²) >= 11 is 0. The van der Waals surface area contributed by atoms with Gasteiger partial charge >= 0.3 is 10.1 Å². The van der Waals surface area contributed by atoms with E-state index < -0.39 is 16.0 Å². The monoisotopic (exact) mass is 592 g/mol. The van der Waals surface area contributed by atoms with Crippen molar-refractivity contribution in [2.75, 3.05) is 0 Å². The lowest BCUT2D eigenvalue weighted by molar-refractivity contribution is 0.482. The molecule has 2 N–H and O–H groups in total. The Morgan fingerprint density at radius 1 is 0.605 bits per heavy atom. The first-order valence-corrected chi connectivity index (χ1v) is 15.0. The molecule has 0 bridgehead atoms. The summed E-state index contributed by atoms with van der Waals surface area (Å²) in [4.78, 5) is 28.3. The second-order valence-corrected chi connectivity index (χ2v) is 11.6. The molecule has 0 radical (unpaired) electrons. The third kappa shape index (κ3) is 5.13. The molecule has 0 saturated carbocycles. The highest BCUT2D eigenvalue weighted by molar-refractivity contribution is 7.87. The van der Waals surface area contributed by atoms with Gasteiger partial charge in [0.1, 0.15) is 10.6 Å². The van der Waals surface area contributed by atoms with Gasteiger partial charge in [-0.25, -0.2) is 9.36 Å². The Morgan fingerprint density at radius 2 is 1.02 bits per heavy atom. The Kier molecular flexibility index (Phi) is 7.21. The minimum absolute atomic E-state index is 0.00822. The van der Waals surface area contributed by atoms with Gasteiger partial charge in [-0.3, -0.25) is 19.8 Å². The number of hydrogen-bond donors (Lipinski definition) is 2. The van der Waals surface area contributed by atoms with Crippen LogP contribution in [0.2, 0.25) is 0 Å². The molecule has 4 aromatic carbocycles. The van der Waals surface area contributed by atoms with E-state index in [1.165, 1.54) is 27.6 Å². The average molecular weight is 593 g/mol. The lowest BCUT2D eigenvalue weighted by atomic mass is 9.85. The first-order chi connectivity index (χ1) is 20.8. The number of hydrogen-bond acceptors (Lipinski definition) is 5. The highest BCUT2D eigenvalue weighted by atomic mass is 32.2. The van der Waals surface area contributed by atoms with Gasteiger partial charge in [0.15, 0.2) is 0 Å². The Hall–Kier alpha value is -5.35. The van der Waals surface area contributed by atoms with Crippen LogP contribution in [-0.4, -0.2) is 28.0 Å². The minimum Gasteiger partial charge on any atom is -0.379 e. The number of aryl methyl sites for hydroxylation is 2. The Morgan fingerprint density at radius 3 is 1.51 bits per heavy atom. The van der Waals surface area contributed by atoms with Gasteiger partial charge in [0, 0.05) is 17.0 Å². The maximum Gasteiger partial charge on any atom is 0.339 e. The van der Waals surface area contributed by atoms with Crippen molar-refractivity contribution in [3.63, 3.8) is 0 Å². The molecule has 216 valence electrons. The molecule has 0 unspecified atom stereocenters. The molecule has 2 heterocycles. The molecule has 0 aliphatic heterocycles.